The minimum Gasteiger partial charge on any atom is -0.398 e. The summed E-state index contributed by atoms with van der Waals surface area (Å²) >= 11 is 9.00. The summed E-state index contributed by atoms with van der Waals surface area (Å²) in [5.41, 5.74) is 6.56. The molecular formula is C12H11BrClN3O2S. The Kier molecular flexibility index (Phi) is 4.64. The number of halogens is 2. The van der Waals surface area contributed by atoms with Gasteiger partial charge in [0.2, 0.25) is 10.0 Å². The van der Waals surface area contributed by atoms with Gasteiger partial charge in [-0.2, -0.15) is 0 Å². The van der Waals surface area contributed by atoms with Gasteiger partial charge < -0.3 is 5.73 Å². The molecule has 20 heavy (non-hydrogen) atoms. The highest BCUT2D eigenvalue weighted by molar-refractivity contribution is 9.10. The lowest BCUT2D eigenvalue weighted by atomic mass is 10.3. The van der Waals surface area contributed by atoms with E-state index in [0.29, 0.717) is 5.69 Å². The van der Waals surface area contributed by atoms with Gasteiger partial charge >= 0.3 is 0 Å². The van der Waals surface area contributed by atoms with E-state index in [1.807, 2.05) is 0 Å². The van der Waals surface area contributed by atoms with Crippen LogP contribution in [-0.4, -0.2) is 13.4 Å². The summed E-state index contributed by atoms with van der Waals surface area (Å²) in [7, 11) is -3.74. The van der Waals surface area contributed by atoms with Gasteiger partial charge in [-0.25, -0.2) is 13.1 Å². The Hall–Kier alpha value is -1.15. The van der Waals surface area contributed by atoms with Gasteiger partial charge in [0.05, 0.1) is 21.6 Å². The minimum atomic E-state index is -3.74. The molecule has 0 aliphatic heterocycles. The first-order valence-electron chi connectivity index (χ1n) is 5.54. The van der Waals surface area contributed by atoms with Gasteiger partial charge in [0, 0.05) is 16.9 Å². The molecule has 1 aromatic carbocycles. The molecule has 3 N–H and O–H groups in total. The van der Waals surface area contributed by atoms with Crippen LogP contribution < -0.4 is 10.5 Å². The van der Waals surface area contributed by atoms with Crippen molar-refractivity contribution in [1.82, 2.24) is 9.71 Å². The van der Waals surface area contributed by atoms with Crippen LogP contribution in [0.5, 0.6) is 0 Å². The SMILES string of the molecule is Nc1cc(Cl)cc(S(=O)(=O)NCc2ccccn2)c1Br. The van der Waals surface area contributed by atoms with Crippen molar-refractivity contribution in [3.05, 3.63) is 51.7 Å². The lowest BCUT2D eigenvalue weighted by Gasteiger charge is -2.10. The summed E-state index contributed by atoms with van der Waals surface area (Å²) < 4.78 is 27.2. The van der Waals surface area contributed by atoms with E-state index in [2.05, 4.69) is 25.6 Å². The van der Waals surface area contributed by atoms with Crippen molar-refractivity contribution >= 4 is 43.2 Å². The molecule has 0 fully saturated rings. The van der Waals surface area contributed by atoms with Gasteiger partial charge in [0.15, 0.2) is 0 Å². The quantitative estimate of drug-likeness (QED) is 0.803. The van der Waals surface area contributed by atoms with E-state index in [1.165, 1.54) is 12.1 Å². The smallest absolute Gasteiger partial charge is 0.242 e. The highest BCUT2D eigenvalue weighted by Gasteiger charge is 2.20. The van der Waals surface area contributed by atoms with Crippen molar-refractivity contribution in [1.29, 1.82) is 0 Å². The van der Waals surface area contributed by atoms with Crippen molar-refractivity contribution in [2.45, 2.75) is 11.4 Å². The molecule has 1 heterocycles. The first kappa shape index (κ1) is 15.2. The van der Waals surface area contributed by atoms with Crippen molar-refractivity contribution in [3.63, 3.8) is 0 Å². The molecule has 0 amide bonds. The predicted octanol–water partition coefficient (Wildman–Crippen LogP) is 2.56. The Bertz CT molecular complexity index is 723. The average Bonchev–Trinajstić information content (AvgIpc) is 2.42. The van der Waals surface area contributed by atoms with Crippen molar-refractivity contribution in [2.24, 2.45) is 0 Å². The molecule has 8 heteroatoms. The molecule has 1 aromatic heterocycles. The Labute approximate surface area is 130 Å². The zero-order valence-electron chi connectivity index (χ0n) is 10.2. The lowest BCUT2D eigenvalue weighted by Crippen LogP contribution is -2.24. The fraction of sp³-hybridized carbons (Fsp3) is 0.0833. The Balaban J connectivity index is 2.27. The predicted molar refractivity (Wildman–Crippen MR) is 81.8 cm³/mol. The molecule has 5 nitrogen and oxygen atoms in total. The first-order chi connectivity index (χ1) is 9.40. The summed E-state index contributed by atoms with van der Waals surface area (Å²) in [6.45, 7) is 0.0853. The molecule has 2 aromatic rings. The molecule has 106 valence electrons. The lowest BCUT2D eigenvalue weighted by molar-refractivity contribution is 0.580. The van der Waals surface area contributed by atoms with Crippen LogP contribution in [0.3, 0.4) is 0 Å². The van der Waals surface area contributed by atoms with E-state index < -0.39 is 10.0 Å². The molecule has 0 saturated heterocycles. The molecule has 0 radical (unpaired) electrons. The van der Waals surface area contributed by atoms with Gasteiger partial charge in [0.1, 0.15) is 0 Å². The first-order valence-corrected chi connectivity index (χ1v) is 8.19. The number of pyridine rings is 1. The van der Waals surface area contributed by atoms with Crippen LogP contribution in [0.2, 0.25) is 5.02 Å². The maximum Gasteiger partial charge on any atom is 0.242 e. The summed E-state index contributed by atoms with van der Waals surface area (Å²) in [4.78, 5) is 4.04. The third-order valence-electron chi connectivity index (χ3n) is 2.49. The number of benzene rings is 1. The van der Waals surface area contributed by atoms with Crippen molar-refractivity contribution in [2.75, 3.05) is 5.73 Å². The van der Waals surface area contributed by atoms with Crippen molar-refractivity contribution in [3.8, 4) is 0 Å². The van der Waals surface area contributed by atoms with Gasteiger partial charge in [-0.1, -0.05) is 17.7 Å². The minimum absolute atomic E-state index is 0.00145. The second kappa shape index (κ2) is 6.09. The van der Waals surface area contributed by atoms with Gasteiger partial charge in [-0.05, 0) is 40.2 Å². The Morgan fingerprint density at radius 3 is 2.75 bits per heavy atom. The van der Waals surface area contributed by atoms with Crippen LogP contribution >= 0.6 is 27.5 Å². The maximum atomic E-state index is 12.2. The van der Waals surface area contributed by atoms with Crippen LogP contribution in [0.1, 0.15) is 5.69 Å². The van der Waals surface area contributed by atoms with Gasteiger partial charge in [-0.3, -0.25) is 4.98 Å². The number of hydrogen-bond donors (Lipinski definition) is 2. The highest BCUT2D eigenvalue weighted by atomic mass is 79.9. The number of nitrogens with two attached hydrogens (primary N) is 1. The van der Waals surface area contributed by atoms with Crippen LogP contribution in [0.15, 0.2) is 45.9 Å². The van der Waals surface area contributed by atoms with E-state index in [9.17, 15) is 8.42 Å². The largest absolute Gasteiger partial charge is 0.398 e. The number of hydrogen-bond acceptors (Lipinski definition) is 4. The molecule has 0 saturated carbocycles. The molecule has 0 unspecified atom stereocenters. The Morgan fingerprint density at radius 2 is 2.10 bits per heavy atom. The third kappa shape index (κ3) is 3.49. The zero-order valence-corrected chi connectivity index (χ0v) is 13.3. The number of nitrogens with zero attached hydrogens (tertiary/aromatic N) is 1. The summed E-state index contributed by atoms with van der Waals surface area (Å²) in [5, 5.41) is 0.254. The molecular weight excluding hydrogens is 366 g/mol. The summed E-state index contributed by atoms with van der Waals surface area (Å²) in [6, 6.07) is 8.08. The Morgan fingerprint density at radius 1 is 1.35 bits per heavy atom. The normalized spacial score (nSPS) is 11.5. The molecule has 0 spiro atoms. The number of aromatic nitrogens is 1. The van der Waals surface area contributed by atoms with Crippen LogP contribution in [0.25, 0.3) is 0 Å². The van der Waals surface area contributed by atoms with Crippen molar-refractivity contribution < 1.29 is 8.42 Å². The molecule has 0 atom stereocenters. The molecule has 0 aliphatic carbocycles. The molecule has 2 rings (SSSR count). The average molecular weight is 377 g/mol. The van der Waals surface area contributed by atoms with E-state index >= 15 is 0 Å². The summed E-state index contributed by atoms with van der Waals surface area (Å²) in [5.74, 6) is 0. The zero-order chi connectivity index (χ0) is 14.8. The number of rotatable bonds is 4. The number of sulfonamides is 1. The van der Waals surface area contributed by atoms with E-state index in [4.69, 9.17) is 17.3 Å². The molecule has 0 bridgehead atoms. The standard InChI is InChI=1S/C12H11BrClN3O2S/c13-12-10(15)5-8(14)6-11(12)20(18,19)17-7-9-3-1-2-4-16-9/h1-6,17H,7,15H2. The fourth-order valence-electron chi connectivity index (χ4n) is 1.53. The highest BCUT2D eigenvalue weighted by Crippen LogP contribution is 2.31. The van der Waals surface area contributed by atoms with E-state index in [0.717, 1.165) is 0 Å². The monoisotopic (exact) mass is 375 g/mol. The second-order valence-corrected chi connectivity index (χ2v) is 6.92. The van der Waals surface area contributed by atoms with Crippen LogP contribution in [0, 0.1) is 0 Å². The molecule has 0 aliphatic rings. The third-order valence-corrected chi connectivity index (χ3v) is 5.28. The van der Waals surface area contributed by atoms with Crippen LogP contribution in [-0.2, 0) is 16.6 Å². The fourth-order valence-corrected chi connectivity index (χ4v) is 3.82. The number of nitrogen functional groups attached to an aromatic ring is 1. The second-order valence-electron chi connectivity index (χ2n) is 3.95. The topological polar surface area (TPSA) is 85.1 Å². The van der Waals surface area contributed by atoms with E-state index in [1.54, 1.807) is 24.4 Å². The summed E-state index contributed by atoms with van der Waals surface area (Å²) in [6.07, 6.45) is 1.59. The maximum absolute atomic E-state index is 12.2. The van der Waals surface area contributed by atoms with Crippen LogP contribution in [0.4, 0.5) is 5.69 Å². The van der Waals surface area contributed by atoms with E-state index in [-0.39, 0.29) is 26.6 Å². The van der Waals surface area contributed by atoms with Gasteiger partial charge in [-0.15, -0.1) is 0 Å². The number of nitrogens with one attached hydrogen (secondary N) is 1. The van der Waals surface area contributed by atoms with Gasteiger partial charge in [0.25, 0.3) is 0 Å². The number of anilines is 1.